The lowest BCUT2D eigenvalue weighted by Crippen LogP contribution is -2.33. The van der Waals surface area contributed by atoms with Gasteiger partial charge in [0, 0.05) is 24.7 Å². The predicted octanol–water partition coefficient (Wildman–Crippen LogP) is 4.61. The maximum Gasteiger partial charge on any atom is 0.272 e. The number of amides is 1. The van der Waals surface area contributed by atoms with Gasteiger partial charge in [-0.25, -0.2) is 4.98 Å². The standard InChI is InChI=1S/C19H24ClN3O/c1-3-11-23(12-4-2)19(24)18-10-9-16(14-22-18)21-13-15-7-5-6-8-17(15)20/h5-10,14,21H,3-4,11-13H2,1-2H3. The number of aromatic nitrogens is 1. The molecule has 128 valence electrons. The number of anilines is 1. The van der Waals surface area contributed by atoms with Crippen LogP contribution in [0.2, 0.25) is 5.02 Å². The highest BCUT2D eigenvalue weighted by atomic mass is 35.5. The number of nitrogens with one attached hydrogen (secondary N) is 1. The average molecular weight is 346 g/mol. The van der Waals surface area contributed by atoms with E-state index in [4.69, 9.17) is 11.6 Å². The maximum atomic E-state index is 12.5. The first-order chi connectivity index (χ1) is 11.7. The molecule has 2 aromatic rings. The van der Waals surface area contributed by atoms with Crippen molar-refractivity contribution in [2.45, 2.75) is 33.2 Å². The van der Waals surface area contributed by atoms with Crippen LogP contribution in [0, 0.1) is 0 Å². The van der Waals surface area contributed by atoms with Crippen molar-refractivity contribution in [3.63, 3.8) is 0 Å². The van der Waals surface area contributed by atoms with Crippen LogP contribution in [0.25, 0.3) is 0 Å². The van der Waals surface area contributed by atoms with Crippen LogP contribution < -0.4 is 5.32 Å². The number of halogens is 1. The minimum absolute atomic E-state index is 0.00338. The van der Waals surface area contributed by atoms with Crippen molar-refractivity contribution in [1.82, 2.24) is 9.88 Å². The fourth-order valence-corrected chi connectivity index (χ4v) is 2.68. The van der Waals surface area contributed by atoms with Crippen LogP contribution >= 0.6 is 11.6 Å². The summed E-state index contributed by atoms with van der Waals surface area (Å²) in [5, 5.41) is 4.01. The summed E-state index contributed by atoms with van der Waals surface area (Å²) in [7, 11) is 0. The van der Waals surface area contributed by atoms with Crippen LogP contribution in [0.15, 0.2) is 42.6 Å². The van der Waals surface area contributed by atoms with Gasteiger partial charge in [0.1, 0.15) is 5.69 Å². The van der Waals surface area contributed by atoms with Crippen LogP contribution in [-0.4, -0.2) is 28.9 Å². The molecule has 5 heteroatoms. The van der Waals surface area contributed by atoms with Crippen LogP contribution in [0.4, 0.5) is 5.69 Å². The number of pyridine rings is 1. The Morgan fingerprint density at radius 2 is 1.83 bits per heavy atom. The summed E-state index contributed by atoms with van der Waals surface area (Å²) in [6, 6.07) is 11.4. The average Bonchev–Trinajstić information content (AvgIpc) is 2.61. The van der Waals surface area contributed by atoms with Gasteiger partial charge >= 0.3 is 0 Å². The number of hydrogen-bond donors (Lipinski definition) is 1. The zero-order valence-corrected chi connectivity index (χ0v) is 15.0. The molecule has 0 aliphatic rings. The van der Waals surface area contributed by atoms with E-state index in [9.17, 15) is 4.79 Å². The van der Waals surface area contributed by atoms with Gasteiger partial charge in [0.25, 0.3) is 5.91 Å². The highest BCUT2D eigenvalue weighted by Gasteiger charge is 2.15. The van der Waals surface area contributed by atoms with Crippen LogP contribution in [0.1, 0.15) is 42.7 Å². The van der Waals surface area contributed by atoms with E-state index in [1.807, 2.05) is 35.2 Å². The summed E-state index contributed by atoms with van der Waals surface area (Å²) < 4.78 is 0. The molecule has 0 radical (unpaired) electrons. The summed E-state index contributed by atoms with van der Waals surface area (Å²) in [5.41, 5.74) is 2.38. The first kappa shape index (κ1) is 18.3. The summed E-state index contributed by atoms with van der Waals surface area (Å²) in [6.45, 7) is 6.30. The first-order valence-corrected chi connectivity index (χ1v) is 8.76. The number of nitrogens with zero attached hydrogens (tertiary/aromatic N) is 2. The molecule has 0 fully saturated rings. The molecule has 0 aliphatic carbocycles. The van der Waals surface area contributed by atoms with Crippen molar-refractivity contribution in [1.29, 1.82) is 0 Å². The Labute approximate surface area is 148 Å². The zero-order chi connectivity index (χ0) is 17.4. The molecule has 0 spiro atoms. The van der Waals surface area contributed by atoms with Gasteiger partial charge in [0.2, 0.25) is 0 Å². The van der Waals surface area contributed by atoms with Crippen molar-refractivity contribution in [2.24, 2.45) is 0 Å². The fraction of sp³-hybridized carbons (Fsp3) is 0.368. The van der Waals surface area contributed by atoms with E-state index in [2.05, 4.69) is 24.1 Å². The molecule has 1 heterocycles. The highest BCUT2D eigenvalue weighted by Crippen LogP contribution is 2.17. The monoisotopic (exact) mass is 345 g/mol. The van der Waals surface area contributed by atoms with Crippen molar-refractivity contribution in [3.05, 3.63) is 58.9 Å². The molecule has 1 aromatic carbocycles. The normalized spacial score (nSPS) is 10.5. The number of benzene rings is 1. The van der Waals surface area contributed by atoms with E-state index < -0.39 is 0 Å². The van der Waals surface area contributed by atoms with E-state index in [0.29, 0.717) is 12.2 Å². The van der Waals surface area contributed by atoms with Crippen molar-refractivity contribution < 1.29 is 4.79 Å². The molecule has 24 heavy (non-hydrogen) atoms. The molecule has 0 bridgehead atoms. The van der Waals surface area contributed by atoms with Gasteiger partial charge in [0.15, 0.2) is 0 Å². The van der Waals surface area contributed by atoms with Crippen LogP contribution in [0.3, 0.4) is 0 Å². The molecule has 1 aromatic heterocycles. The molecule has 1 N–H and O–H groups in total. The molecule has 4 nitrogen and oxygen atoms in total. The Bertz CT molecular complexity index is 652. The maximum absolute atomic E-state index is 12.5. The second kappa shape index (κ2) is 9.28. The van der Waals surface area contributed by atoms with Gasteiger partial charge in [-0.05, 0) is 36.6 Å². The van der Waals surface area contributed by atoms with Crippen molar-refractivity contribution in [2.75, 3.05) is 18.4 Å². The largest absolute Gasteiger partial charge is 0.380 e. The molecule has 2 rings (SSSR count). The smallest absolute Gasteiger partial charge is 0.272 e. The van der Waals surface area contributed by atoms with Crippen molar-refractivity contribution >= 4 is 23.2 Å². The van der Waals surface area contributed by atoms with Gasteiger partial charge in [-0.15, -0.1) is 0 Å². The summed E-state index contributed by atoms with van der Waals surface area (Å²) >= 11 is 6.15. The number of carbonyl (C=O) groups is 1. The van der Waals surface area contributed by atoms with Crippen LogP contribution in [0.5, 0.6) is 0 Å². The molecule has 0 saturated heterocycles. The Hall–Kier alpha value is -2.07. The molecule has 0 saturated carbocycles. The predicted molar refractivity (Wildman–Crippen MR) is 99.5 cm³/mol. The number of hydrogen-bond acceptors (Lipinski definition) is 3. The van der Waals surface area contributed by atoms with E-state index in [1.165, 1.54) is 0 Å². The molecule has 1 amide bonds. The van der Waals surface area contributed by atoms with Gasteiger partial charge in [-0.3, -0.25) is 4.79 Å². The first-order valence-electron chi connectivity index (χ1n) is 8.38. The number of rotatable bonds is 8. The molecule has 0 aliphatic heterocycles. The lowest BCUT2D eigenvalue weighted by atomic mass is 10.2. The SMILES string of the molecule is CCCN(CCC)C(=O)c1ccc(NCc2ccccc2Cl)cn1. The molecular weight excluding hydrogens is 322 g/mol. The van der Waals surface area contributed by atoms with E-state index >= 15 is 0 Å². The molecular formula is C19H24ClN3O. The van der Waals surface area contributed by atoms with E-state index in [0.717, 1.165) is 42.2 Å². The van der Waals surface area contributed by atoms with E-state index in [1.54, 1.807) is 12.3 Å². The Balaban J connectivity index is 1.99. The summed E-state index contributed by atoms with van der Waals surface area (Å²) in [5.74, 6) is -0.00338. The second-order valence-corrected chi connectivity index (χ2v) is 6.08. The third kappa shape index (κ3) is 4.96. The topological polar surface area (TPSA) is 45.2 Å². The molecule has 0 atom stereocenters. The third-order valence-corrected chi connectivity index (χ3v) is 4.07. The zero-order valence-electron chi connectivity index (χ0n) is 14.3. The van der Waals surface area contributed by atoms with Gasteiger partial charge in [-0.2, -0.15) is 0 Å². The fourth-order valence-electron chi connectivity index (χ4n) is 2.48. The lowest BCUT2D eigenvalue weighted by Gasteiger charge is -2.21. The number of carbonyl (C=O) groups excluding carboxylic acids is 1. The van der Waals surface area contributed by atoms with Gasteiger partial charge in [-0.1, -0.05) is 43.6 Å². The Kier molecular flexibility index (Phi) is 7.07. The third-order valence-electron chi connectivity index (χ3n) is 3.70. The van der Waals surface area contributed by atoms with E-state index in [-0.39, 0.29) is 5.91 Å². The van der Waals surface area contributed by atoms with Crippen molar-refractivity contribution in [3.8, 4) is 0 Å². The Morgan fingerprint density at radius 1 is 1.12 bits per heavy atom. The highest BCUT2D eigenvalue weighted by molar-refractivity contribution is 6.31. The quantitative estimate of drug-likeness (QED) is 0.759. The molecule has 0 unspecified atom stereocenters. The lowest BCUT2D eigenvalue weighted by molar-refractivity contribution is 0.0749. The van der Waals surface area contributed by atoms with Gasteiger partial charge < -0.3 is 10.2 Å². The summed E-state index contributed by atoms with van der Waals surface area (Å²) in [6.07, 6.45) is 3.59. The minimum Gasteiger partial charge on any atom is -0.380 e. The second-order valence-electron chi connectivity index (χ2n) is 5.67. The Morgan fingerprint density at radius 3 is 2.42 bits per heavy atom. The van der Waals surface area contributed by atoms with Gasteiger partial charge in [0.05, 0.1) is 11.9 Å². The minimum atomic E-state index is -0.00338. The van der Waals surface area contributed by atoms with Crippen LogP contribution in [-0.2, 0) is 6.54 Å². The summed E-state index contributed by atoms with van der Waals surface area (Å²) in [4.78, 5) is 18.7.